The number of thiazole rings is 1. The number of benzene rings is 2. The second-order valence-electron chi connectivity index (χ2n) is 7.01. The van der Waals surface area contributed by atoms with Gasteiger partial charge in [0.25, 0.3) is 0 Å². The van der Waals surface area contributed by atoms with Gasteiger partial charge in [-0.1, -0.05) is 24.3 Å². The van der Waals surface area contributed by atoms with Crippen LogP contribution in [0.5, 0.6) is 0 Å². The number of aromatic nitrogens is 4. The van der Waals surface area contributed by atoms with Gasteiger partial charge < -0.3 is 5.32 Å². The van der Waals surface area contributed by atoms with Crippen LogP contribution in [0.4, 0.5) is 20.9 Å². The predicted molar refractivity (Wildman–Crippen MR) is 126 cm³/mol. The van der Waals surface area contributed by atoms with Crippen molar-refractivity contribution in [2.24, 2.45) is 0 Å². The molecule has 2 N–H and O–H groups in total. The summed E-state index contributed by atoms with van der Waals surface area (Å²) in [5.74, 6) is -0.0150. The number of halogens is 1. The van der Waals surface area contributed by atoms with Gasteiger partial charge in [0.05, 0.1) is 11.4 Å². The molecule has 166 valence electrons. The molecule has 10 heteroatoms. The standard InChI is InChI=1S/C23H19FN6O2S/c1-14-25-22(29-28-14)16-6-5-7-17(12-16)26-21(32)11-10-18-13-33-23(27-18)30(15(2)31)20-9-4-3-8-19(20)24/h3-13H,1-2H3,(H,26,32)(H,25,28,29)/b11-10+. The van der Waals surface area contributed by atoms with Crippen molar-refractivity contribution in [1.29, 1.82) is 0 Å². The summed E-state index contributed by atoms with van der Waals surface area (Å²) in [5, 5.41) is 11.7. The minimum Gasteiger partial charge on any atom is -0.322 e. The van der Waals surface area contributed by atoms with Crippen molar-refractivity contribution in [1.82, 2.24) is 20.2 Å². The van der Waals surface area contributed by atoms with Gasteiger partial charge in [-0.05, 0) is 37.3 Å². The van der Waals surface area contributed by atoms with E-state index in [4.69, 9.17) is 0 Å². The van der Waals surface area contributed by atoms with E-state index in [0.717, 1.165) is 5.56 Å². The van der Waals surface area contributed by atoms with Crippen LogP contribution in [0.2, 0.25) is 0 Å². The SMILES string of the molecule is CC(=O)N(c1nc(/C=C/C(=O)Nc2cccc(-c3n[nH]c(C)n3)c2)cs1)c1ccccc1F. The predicted octanol–water partition coefficient (Wildman–Crippen LogP) is 4.71. The van der Waals surface area contributed by atoms with E-state index in [9.17, 15) is 14.0 Å². The smallest absolute Gasteiger partial charge is 0.248 e. The third-order valence-corrected chi connectivity index (χ3v) is 5.34. The molecule has 0 aliphatic heterocycles. The van der Waals surface area contributed by atoms with E-state index in [2.05, 4.69) is 25.5 Å². The monoisotopic (exact) mass is 462 g/mol. The Balaban J connectivity index is 1.46. The van der Waals surface area contributed by atoms with E-state index in [0.29, 0.717) is 28.2 Å². The average molecular weight is 463 g/mol. The highest BCUT2D eigenvalue weighted by atomic mass is 32.1. The zero-order valence-electron chi connectivity index (χ0n) is 17.7. The third-order valence-electron chi connectivity index (χ3n) is 4.50. The van der Waals surface area contributed by atoms with Crippen molar-refractivity contribution in [3.63, 3.8) is 0 Å². The van der Waals surface area contributed by atoms with Crippen LogP contribution in [-0.4, -0.2) is 32.0 Å². The first kappa shape index (κ1) is 22.0. The molecule has 8 nitrogen and oxygen atoms in total. The maximum atomic E-state index is 14.2. The molecule has 2 aromatic carbocycles. The Kier molecular flexibility index (Phi) is 6.36. The highest BCUT2D eigenvalue weighted by Gasteiger charge is 2.20. The molecule has 4 rings (SSSR count). The van der Waals surface area contributed by atoms with Gasteiger partial charge >= 0.3 is 0 Å². The largest absolute Gasteiger partial charge is 0.322 e. The van der Waals surface area contributed by atoms with Crippen LogP contribution in [0, 0.1) is 12.7 Å². The minimum absolute atomic E-state index is 0.120. The van der Waals surface area contributed by atoms with Crippen LogP contribution in [-0.2, 0) is 9.59 Å². The van der Waals surface area contributed by atoms with Crippen LogP contribution in [0.25, 0.3) is 17.5 Å². The fraction of sp³-hybridized carbons (Fsp3) is 0.0870. The topological polar surface area (TPSA) is 104 Å². The molecule has 33 heavy (non-hydrogen) atoms. The molecule has 2 aromatic heterocycles. The summed E-state index contributed by atoms with van der Waals surface area (Å²) in [6.45, 7) is 3.15. The van der Waals surface area contributed by atoms with Crippen LogP contribution in [0.3, 0.4) is 0 Å². The van der Waals surface area contributed by atoms with Gasteiger partial charge in [-0.3, -0.25) is 19.6 Å². The van der Waals surface area contributed by atoms with Crippen LogP contribution in [0.15, 0.2) is 60.0 Å². The lowest BCUT2D eigenvalue weighted by molar-refractivity contribution is -0.116. The van der Waals surface area contributed by atoms with E-state index in [1.54, 1.807) is 35.7 Å². The number of rotatable bonds is 6. The summed E-state index contributed by atoms with van der Waals surface area (Å²) in [6.07, 6.45) is 2.86. The number of hydrogen-bond acceptors (Lipinski definition) is 6. The molecule has 0 aliphatic rings. The Hall–Kier alpha value is -4.18. The highest BCUT2D eigenvalue weighted by Crippen LogP contribution is 2.31. The second kappa shape index (κ2) is 9.53. The van der Waals surface area contributed by atoms with E-state index < -0.39 is 5.82 Å². The molecule has 2 amide bonds. The number of H-pyrrole nitrogens is 1. The molecule has 0 aliphatic carbocycles. The first-order valence-corrected chi connectivity index (χ1v) is 10.8. The number of aromatic amines is 1. The number of para-hydroxylation sites is 1. The van der Waals surface area contributed by atoms with E-state index in [1.807, 2.05) is 13.0 Å². The zero-order chi connectivity index (χ0) is 23.4. The van der Waals surface area contributed by atoms with Crippen molar-refractivity contribution >= 4 is 45.7 Å². The molecule has 0 fully saturated rings. The third kappa shape index (κ3) is 5.18. The summed E-state index contributed by atoms with van der Waals surface area (Å²) in [5.41, 5.74) is 1.94. The Morgan fingerprint density at radius 1 is 1.15 bits per heavy atom. The molecule has 0 saturated heterocycles. The lowest BCUT2D eigenvalue weighted by atomic mass is 10.2. The maximum Gasteiger partial charge on any atom is 0.248 e. The number of carbonyl (C=O) groups excluding carboxylic acids is 2. The highest BCUT2D eigenvalue weighted by molar-refractivity contribution is 7.14. The molecule has 0 bridgehead atoms. The second-order valence-corrected chi connectivity index (χ2v) is 7.85. The van der Waals surface area contributed by atoms with Gasteiger partial charge in [-0.15, -0.1) is 11.3 Å². The fourth-order valence-electron chi connectivity index (χ4n) is 3.05. The molecule has 2 heterocycles. The van der Waals surface area contributed by atoms with Crippen molar-refractivity contribution < 1.29 is 14.0 Å². The van der Waals surface area contributed by atoms with Gasteiger partial charge in [0, 0.05) is 29.6 Å². The molecular formula is C23H19FN6O2S. The van der Waals surface area contributed by atoms with Crippen LogP contribution >= 0.6 is 11.3 Å². The van der Waals surface area contributed by atoms with E-state index >= 15 is 0 Å². The Labute approximate surface area is 192 Å². The lowest BCUT2D eigenvalue weighted by Crippen LogP contribution is -2.23. The summed E-state index contributed by atoms with van der Waals surface area (Å²) in [6, 6.07) is 13.2. The van der Waals surface area contributed by atoms with E-state index in [-0.39, 0.29) is 17.5 Å². The first-order chi connectivity index (χ1) is 15.9. The Bertz CT molecular complexity index is 1350. The Morgan fingerprint density at radius 2 is 1.97 bits per heavy atom. The number of nitrogens with zero attached hydrogens (tertiary/aromatic N) is 4. The number of carbonyl (C=O) groups is 2. The summed E-state index contributed by atoms with van der Waals surface area (Å²) in [4.78, 5) is 34.4. The maximum absolute atomic E-state index is 14.2. The summed E-state index contributed by atoms with van der Waals surface area (Å²) in [7, 11) is 0. The number of nitrogens with one attached hydrogen (secondary N) is 2. The molecule has 0 spiro atoms. The molecule has 4 aromatic rings. The van der Waals surface area contributed by atoms with Gasteiger partial charge in [-0.2, -0.15) is 5.10 Å². The summed E-state index contributed by atoms with van der Waals surface area (Å²) >= 11 is 1.17. The molecule has 0 unspecified atom stereocenters. The molecule has 0 radical (unpaired) electrons. The lowest BCUT2D eigenvalue weighted by Gasteiger charge is -2.18. The normalized spacial score (nSPS) is 11.0. The van der Waals surface area contributed by atoms with Gasteiger partial charge in [0.15, 0.2) is 11.0 Å². The quantitative estimate of drug-likeness (QED) is 0.404. The Morgan fingerprint density at radius 3 is 2.70 bits per heavy atom. The van der Waals surface area contributed by atoms with Gasteiger partial charge in [0.2, 0.25) is 11.8 Å². The molecular weight excluding hydrogens is 443 g/mol. The average Bonchev–Trinajstić information content (AvgIpc) is 3.43. The minimum atomic E-state index is -0.526. The summed E-state index contributed by atoms with van der Waals surface area (Å²) < 4.78 is 14.2. The van der Waals surface area contributed by atoms with Gasteiger partial charge in [0.1, 0.15) is 11.6 Å². The molecule has 0 atom stereocenters. The number of anilines is 3. The molecule has 0 saturated carbocycles. The number of hydrogen-bond donors (Lipinski definition) is 2. The number of aryl methyl sites for hydroxylation is 1. The van der Waals surface area contributed by atoms with Crippen LogP contribution < -0.4 is 10.2 Å². The van der Waals surface area contributed by atoms with Crippen molar-refractivity contribution in [2.45, 2.75) is 13.8 Å². The number of amides is 2. The van der Waals surface area contributed by atoms with Crippen molar-refractivity contribution in [3.05, 3.63) is 77.3 Å². The van der Waals surface area contributed by atoms with Crippen LogP contribution in [0.1, 0.15) is 18.4 Å². The zero-order valence-corrected chi connectivity index (χ0v) is 18.6. The van der Waals surface area contributed by atoms with Crippen molar-refractivity contribution in [3.8, 4) is 11.4 Å². The van der Waals surface area contributed by atoms with Crippen molar-refractivity contribution in [2.75, 3.05) is 10.2 Å². The van der Waals surface area contributed by atoms with Gasteiger partial charge in [-0.25, -0.2) is 14.4 Å². The first-order valence-electron chi connectivity index (χ1n) is 9.90. The fourth-order valence-corrected chi connectivity index (χ4v) is 3.90. The van der Waals surface area contributed by atoms with E-state index in [1.165, 1.54) is 47.4 Å².